The number of carbonyl (C=O) groups is 2. The zero-order valence-corrected chi connectivity index (χ0v) is 5.66. The number of hydrogen-bond acceptors (Lipinski definition) is 4. The Morgan fingerprint density at radius 2 is 2.20 bits per heavy atom. The van der Waals surface area contributed by atoms with Gasteiger partial charge in [-0.1, -0.05) is 0 Å². The van der Waals surface area contributed by atoms with Crippen LogP contribution in [0.5, 0.6) is 0 Å². The molecule has 0 heterocycles. The molecule has 0 spiro atoms. The topological polar surface area (TPSA) is 69.4 Å². The minimum Gasteiger partial charge on any atom is -0.435 e. The van der Waals surface area contributed by atoms with Crippen molar-refractivity contribution in [2.24, 2.45) is 5.73 Å². The predicted molar refractivity (Wildman–Crippen MR) is 35.0 cm³/mol. The van der Waals surface area contributed by atoms with E-state index >= 15 is 0 Å². The summed E-state index contributed by atoms with van der Waals surface area (Å²) in [5.41, 5.74) is 4.95. The normalized spacial score (nSPS) is 9.80. The van der Waals surface area contributed by atoms with Gasteiger partial charge in [0, 0.05) is 13.0 Å². The van der Waals surface area contributed by atoms with Crippen molar-refractivity contribution >= 4 is 11.8 Å². The molecule has 0 bridgehead atoms. The highest BCUT2D eigenvalue weighted by atomic mass is 16.5. The van der Waals surface area contributed by atoms with Crippen molar-refractivity contribution in [1.29, 1.82) is 0 Å². The van der Waals surface area contributed by atoms with Crippen LogP contribution in [-0.2, 0) is 14.3 Å². The second-order valence-electron chi connectivity index (χ2n) is 1.58. The van der Waals surface area contributed by atoms with Gasteiger partial charge in [0.05, 0.1) is 12.8 Å². The van der Waals surface area contributed by atoms with Gasteiger partial charge in [-0.05, 0) is 0 Å². The fraction of sp³-hybridized carbons (Fsp3) is 0.333. The van der Waals surface area contributed by atoms with Crippen molar-refractivity contribution in [3.8, 4) is 0 Å². The number of hydrogen-bond donors (Lipinski definition) is 1. The van der Waals surface area contributed by atoms with Crippen LogP contribution in [0.4, 0.5) is 0 Å². The first-order valence-corrected chi connectivity index (χ1v) is 2.73. The summed E-state index contributed by atoms with van der Waals surface area (Å²) in [7, 11) is 0. The SMILES string of the molecule is CC(=O)OC=CC(=O)CN. The van der Waals surface area contributed by atoms with Crippen LogP contribution >= 0.6 is 0 Å². The lowest BCUT2D eigenvalue weighted by Gasteiger charge is -1.88. The van der Waals surface area contributed by atoms with Gasteiger partial charge in [0.1, 0.15) is 0 Å². The van der Waals surface area contributed by atoms with E-state index in [4.69, 9.17) is 5.73 Å². The smallest absolute Gasteiger partial charge is 0.307 e. The van der Waals surface area contributed by atoms with E-state index in [2.05, 4.69) is 4.74 Å². The average molecular weight is 143 g/mol. The first-order valence-electron chi connectivity index (χ1n) is 2.73. The highest BCUT2D eigenvalue weighted by Gasteiger charge is 1.90. The van der Waals surface area contributed by atoms with Gasteiger partial charge in [-0.2, -0.15) is 0 Å². The molecule has 56 valence electrons. The predicted octanol–water partition coefficient (Wildman–Crippen LogP) is -0.409. The number of esters is 1. The van der Waals surface area contributed by atoms with E-state index < -0.39 is 5.97 Å². The van der Waals surface area contributed by atoms with Crippen LogP contribution in [0.2, 0.25) is 0 Å². The zero-order chi connectivity index (χ0) is 7.98. The van der Waals surface area contributed by atoms with Crippen molar-refractivity contribution in [3.63, 3.8) is 0 Å². The van der Waals surface area contributed by atoms with Crippen LogP contribution in [0.15, 0.2) is 12.3 Å². The third kappa shape index (κ3) is 4.99. The Morgan fingerprint density at radius 3 is 2.60 bits per heavy atom. The van der Waals surface area contributed by atoms with Gasteiger partial charge >= 0.3 is 5.97 Å². The molecule has 0 unspecified atom stereocenters. The van der Waals surface area contributed by atoms with Gasteiger partial charge in [-0.3, -0.25) is 9.59 Å². The Bertz CT molecular complexity index is 162. The van der Waals surface area contributed by atoms with Crippen LogP contribution in [0.25, 0.3) is 0 Å². The average Bonchev–Trinajstić information content (AvgIpc) is 1.87. The van der Waals surface area contributed by atoms with Crippen molar-refractivity contribution in [2.45, 2.75) is 6.92 Å². The van der Waals surface area contributed by atoms with Crippen molar-refractivity contribution in [1.82, 2.24) is 0 Å². The summed E-state index contributed by atoms with van der Waals surface area (Å²) in [6.07, 6.45) is 2.14. The van der Waals surface area contributed by atoms with E-state index in [1.54, 1.807) is 0 Å². The lowest BCUT2D eigenvalue weighted by Crippen LogP contribution is -2.10. The van der Waals surface area contributed by atoms with Crippen LogP contribution < -0.4 is 5.73 Å². The molecule has 0 fully saturated rings. The van der Waals surface area contributed by atoms with E-state index in [9.17, 15) is 9.59 Å². The van der Waals surface area contributed by atoms with Crippen LogP contribution in [0, 0.1) is 0 Å². The van der Waals surface area contributed by atoms with Gasteiger partial charge in [0.25, 0.3) is 0 Å². The summed E-state index contributed by atoms with van der Waals surface area (Å²) in [5, 5.41) is 0. The molecule has 0 saturated heterocycles. The van der Waals surface area contributed by atoms with Gasteiger partial charge in [-0.25, -0.2) is 0 Å². The molecule has 0 aliphatic rings. The van der Waals surface area contributed by atoms with Gasteiger partial charge in [0.2, 0.25) is 0 Å². The van der Waals surface area contributed by atoms with Gasteiger partial charge in [0.15, 0.2) is 5.78 Å². The van der Waals surface area contributed by atoms with Crippen LogP contribution in [0.3, 0.4) is 0 Å². The highest BCUT2D eigenvalue weighted by molar-refractivity contribution is 5.91. The molecule has 0 aromatic rings. The molecule has 0 aliphatic heterocycles. The Kier molecular flexibility index (Phi) is 4.15. The van der Waals surface area contributed by atoms with Gasteiger partial charge < -0.3 is 10.5 Å². The number of rotatable bonds is 3. The van der Waals surface area contributed by atoms with Crippen molar-refractivity contribution in [3.05, 3.63) is 12.3 Å². The van der Waals surface area contributed by atoms with Crippen LogP contribution in [-0.4, -0.2) is 18.3 Å². The summed E-state index contributed by atoms with van der Waals surface area (Å²) in [4.78, 5) is 20.5. The molecule has 4 nitrogen and oxygen atoms in total. The molecular weight excluding hydrogens is 134 g/mol. The highest BCUT2D eigenvalue weighted by Crippen LogP contribution is 1.79. The minimum absolute atomic E-state index is 0.0717. The fourth-order valence-electron chi connectivity index (χ4n) is 0.274. The second-order valence-corrected chi connectivity index (χ2v) is 1.58. The molecule has 0 aliphatic carbocycles. The molecule has 0 rings (SSSR count). The number of nitrogens with two attached hydrogens (primary N) is 1. The number of ether oxygens (including phenoxy) is 1. The lowest BCUT2D eigenvalue weighted by molar-refractivity contribution is -0.135. The fourth-order valence-corrected chi connectivity index (χ4v) is 0.274. The first-order chi connectivity index (χ1) is 4.66. The molecule has 0 aromatic heterocycles. The molecule has 0 saturated carbocycles. The Morgan fingerprint density at radius 1 is 1.60 bits per heavy atom. The summed E-state index contributed by atoms with van der Waals surface area (Å²) in [6, 6.07) is 0. The molecule has 10 heavy (non-hydrogen) atoms. The van der Waals surface area contributed by atoms with Gasteiger partial charge in [-0.15, -0.1) is 0 Å². The lowest BCUT2D eigenvalue weighted by atomic mass is 10.4. The van der Waals surface area contributed by atoms with Crippen LogP contribution in [0.1, 0.15) is 6.92 Å². The molecule has 4 heteroatoms. The van der Waals surface area contributed by atoms with E-state index in [1.165, 1.54) is 6.92 Å². The maximum absolute atomic E-state index is 10.4. The first kappa shape index (κ1) is 8.84. The minimum atomic E-state index is -0.457. The Balaban J connectivity index is 3.56. The largest absolute Gasteiger partial charge is 0.435 e. The third-order valence-corrected chi connectivity index (χ3v) is 0.689. The zero-order valence-electron chi connectivity index (χ0n) is 5.66. The molecule has 0 amide bonds. The molecular formula is C6H9NO3. The summed E-state index contributed by atoms with van der Waals surface area (Å²) in [6.45, 7) is 1.18. The quantitative estimate of drug-likeness (QED) is 0.331. The second kappa shape index (κ2) is 4.69. The molecule has 2 N–H and O–H groups in total. The Labute approximate surface area is 58.7 Å². The third-order valence-electron chi connectivity index (χ3n) is 0.689. The van der Waals surface area contributed by atoms with E-state index in [0.717, 1.165) is 12.3 Å². The number of carbonyl (C=O) groups excluding carboxylic acids is 2. The van der Waals surface area contributed by atoms with E-state index in [0.29, 0.717) is 0 Å². The van der Waals surface area contributed by atoms with E-state index in [1.807, 2.05) is 0 Å². The monoisotopic (exact) mass is 143 g/mol. The summed E-state index contributed by atoms with van der Waals surface area (Å²) >= 11 is 0. The van der Waals surface area contributed by atoms with Crippen molar-refractivity contribution in [2.75, 3.05) is 6.54 Å². The summed E-state index contributed by atoms with van der Waals surface area (Å²) in [5.74, 6) is -0.734. The summed E-state index contributed by atoms with van der Waals surface area (Å²) < 4.78 is 4.32. The molecule has 0 radical (unpaired) electrons. The molecule has 0 atom stereocenters. The maximum Gasteiger partial charge on any atom is 0.307 e. The standard InChI is InChI=1S/C6H9NO3/c1-5(8)10-3-2-6(9)4-7/h2-3H,4,7H2,1H3. The molecule has 0 aromatic carbocycles. The Hall–Kier alpha value is -1.16. The number of ketones is 1. The maximum atomic E-state index is 10.4. The van der Waals surface area contributed by atoms with E-state index in [-0.39, 0.29) is 12.3 Å². The van der Waals surface area contributed by atoms with Crippen molar-refractivity contribution < 1.29 is 14.3 Å².